The van der Waals surface area contributed by atoms with Crippen LogP contribution in [0.1, 0.15) is 40.9 Å². The van der Waals surface area contributed by atoms with Crippen LogP contribution in [-0.2, 0) is 11.8 Å². The Morgan fingerprint density at radius 1 is 1.43 bits per heavy atom. The number of rotatable bonds is 3. The third kappa shape index (κ3) is 4.15. The smallest absolute Gasteiger partial charge is 0.351 e. The van der Waals surface area contributed by atoms with E-state index in [4.69, 9.17) is 10.6 Å². The molecule has 124 valence electrons. The van der Waals surface area contributed by atoms with E-state index < -0.39 is 17.5 Å². The van der Waals surface area contributed by atoms with Gasteiger partial charge >= 0.3 is 5.97 Å². The fraction of sp³-hybridized carbons (Fsp3) is 0.385. The molecule has 8 nitrogen and oxygen atoms in total. The highest BCUT2D eigenvalue weighted by molar-refractivity contribution is 9.11. The molecule has 2 heterocycles. The van der Waals surface area contributed by atoms with Crippen LogP contribution in [-0.4, -0.2) is 32.2 Å². The number of nitrogens with two attached hydrogens (primary N) is 1. The number of ether oxygens (including phenoxy) is 1. The van der Waals surface area contributed by atoms with Crippen LogP contribution in [0.25, 0.3) is 0 Å². The van der Waals surface area contributed by atoms with Gasteiger partial charge in [-0.2, -0.15) is 5.10 Å². The number of esters is 1. The Morgan fingerprint density at radius 3 is 2.61 bits per heavy atom. The van der Waals surface area contributed by atoms with Crippen molar-refractivity contribution in [1.29, 1.82) is 0 Å². The maximum Gasteiger partial charge on any atom is 0.351 e. The average Bonchev–Trinajstić information content (AvgIpc) is 3.01. The quantitative estimate of drug-likeness (QED) is 0.365. The van der Waals surface area contributed by atoms with E-state index in [1.165, 1.54) is 10.9 Å². The predicted octanol–water partition coefficient (Wildman–Crippen LogP) is 2.11. The topological polar surface area (TPSA) is 103 Å². The lowest BCUT2D eigenvalue weighted by Crippen LogP contribution is -2.38. The largest absolute Gasteiger partial charge is 0.456 e. The second-order valence-electron chi connectivity index (χ2n) is 5.69. The van der Waals surface area contributed by atoms with E-state index in [9.17, 15) is 9.59 Å². The SMILES string of the molecule is Cn1cc(N(N)C(=O)c2nc(Br)sc2C(=O)OC(C)(C)C)cn1. The molecule has 10 heteroatoms. The van der Waals surface area contributed by atoms with Crippen LogP contribution < -0.4 is 10.9 Å². The zero-order chi connectivity index (χ0) is 17.4. The molecule has 2 aromatic heterocycles. The minimum absolute atomic E-state index is 0.0671. The van der Waals surface area contributed by atoms with Crippen molar-refractivity contribution in [2.75, 3.05) is 5.01 Å². The number of hydrogen-bond donors (Lipinski definition) is 1. The summed E-state index contributed by atoms with van der Waals surface area (Å²) in [4.78, 5) is 28.9. The molecular weight excluding hydrogens is 386 g/mol. The van der Waals surface area contributed by atoms with Gasteiger partial charge in [-0.3, -0.25) is 9.48 Å². The van der Waals surface area contributed by atoms with E-state index in [-0.39, 0.29) is 10.6 Å². The summed E-state index contributed by atoms with van der Waals surface area (Å²) in [6, 6.07) is 0. The van der Waals surface area contributed by atoms with Crippen molar-refractivity contribution in [2.45, 2.75) is 26.4 Å². The summed E-state index contributed by atoms with van der Waals surface area (Å²) in [7, 11) is 1.70. The zero-order valence-electron chi connectivity index (χ0n) is 13.0. The Kier molecular flexibility index (Phi) is 4.87. The number of halogens is 1. The molecule has 0 saturated carbocycles. The Balaban J connectivity index is 2.32. The van der Waals surface area contributed by atoms with E-state index in [1.54, 1.807) is 34.0 Å². The van der Waals surface area contributed by atoms with Crippen molar-refractivity contribution < 1.29 is 14.3 Å². The summed E-state index contributed by atoms with van der Waals surface area (Å²) in [5.41, 5.74) is -0.362. The Labute approximate surface area is 145 Å². The van der Waals surface area contributed by atoms with Crippen LogP contribution >= 0.6 is 27.3 Å². The second-order valence-corrected chi connectivity index (χ2v) is 7.97. The lowest BCUT2D eigenvalue weighted by molar-refractivity contribution is 0.00732. The molecule has 0 aliphatic rings. The van der Waals surface area contributed by atoms with Crippen molar-refractivity contribution in [3.63, 3.8) is 0 Å². The number of thiazole rings is 1. The van der Waals surface area contributed by atoms with Gasteiger partial charge in [0.25, 0.3) is 5.91 Å². The summed E-state index contributed by atoms with van der Waals surface area (Å²) >= 11 is 4.20. The third-order valence-electron chi connectivity index (χ3n) is 2.58. The monoisotopic (exact) mass is 401 g/mol. The number of carbonyl (C=O) groups is 2. The van der Waals surface area contributed by atoms with Crippen molar-refractivity contribution in [1.82, 2.24) is 14.8 Å². The molecule has 0 radical (unpaired) electrons. The van der Waals surface area contributed by atoms with E-state index >= 15 is 0 Å². The molecule has 0 aliphatic carbocycles. The Hall–Kier alpha value is -1.78. The fourth-order valence-corrected chi connectivity index (χ4v) is 2.99. The Bertz CT molecular complexity index is 749. The zero-order valence-corrected chi connectivity index (χ0v) is 15.4. The van der Waals surface area contributed by atoms with E-state index in [0.29, 0.717) is 9.60 Å². The van der Waals surface area contributed by atoms with Crippen LogP contribution in [0.4, 0.5) is 5.69 Å². The van der Waals surface area contributed by atoms with Gasteiger partial charge in [0, 0.05) is 13.2 Å². The third-order valence-corrected chi connectivity index (χ3v) is 4.06. The lowest BCUT2D eigenvalue weighted by atomic mass is 10.2. The van der Waals surface area contributed by atoms with Crippen molar-refractivity contribution in [2.24, 2.45) is 12.9 Å². The van der Waals surface area contributed by atoms with Crippen molar-refractivity contribution in [3.05, 3.63) is 26.9 Å². The molecule has 0 aliphatic heterocycles. The summed E-state index contributed by atoms with van der Waals surface area (Å²) < 4.78 is 7.20. The van der Waals surface area contributed by atoms with Crippen molar-refractivity contribution in [3.8, 4) is 0 Å². The fourth-order valence-electron chi connectivity index (χ4n) is 1.67. The maximum atomic E-state index is 12.5. The van der Waals surface area contributed by atoms with Crippen LogP contribution in [0, 0.1) is 0 Å². The van der Waals surface area contributed by atoms with Gasteiger partial charge in [-0.1, -0.05) is 11.3 Å². The highest BCUT2D eigenvalue weighted by atomic mass is 79.9. The predicted molar refractivity (Wildman–Crippen MR) is 89.2 cm³/mol. The molecule has 0 spiro atoms. The van der Waals surface area contributed by atoms with E-state index in [0.717, 1.165) is 16.3 Å². The average molecular weight is 402 g/mol. The van der Waals surface area contributed by atoms with Crippen LogP contribution in [0.2, 0.25) is 0 Å². The molecule has 2 aromatic rings. The molecule has 1 amide bonds. The molecule has 0 saturated heterocycles. The van der Waals surface area contributed by atoms with E-state index in [1.807, 2.05) is 0 Å². The number of amides is 1. The standard InChI is InChI=1S/C13H16BrN5O3S/c1-13(2,3)22-11(21)9-8(17-12(14)23-9)10(20)19(15)7-5-16-18(4)6-7/h5-6H,15H2,1-4H3. The van der Waals surface area contributed by atoms with Gasteiger partial charge in [-0.25, -0.2) is 20.6 Å². The van der Waals surface area contributed by atoms with Crippen LogP contribution in [0.5, 0.6) is 0 Å². The molecule has 0 atom stereocenters. The summed E-state index contributed by atoms with van der Waals surface area (Å²) in [5, 5.41) is 4.84. The first-order chi connectivity index (χ1) is 10.6. The minimum atomic E-state index is -0.681. The van der Waals surface area contributed by atoms with Crippen molar-refractivity contribution >= 4 is 44.8 Å². The van der Waals surface area contributed by atoms with Gasteiger partial charge < -0.3 is 4.74 Å². The number of hydrogen-bond acceptors (Lipinski definition) is 7. The van der Waals surface area contributed by atoms with Gasteiger partial charge in [0.15, 0.2) is 9.61 Å². The molecule has 0 bridgehead atoms. The van der Waals surface area contributed by atoms with Gasteiger partial charge in [0.2, 0.25) is 0 Å². The van der Waals surface area contributed by atoms with E-state index in [2.05, 4.69) is 26.0 Å². The summed E-state index contributed by atoms with van der Waals surface area (Å²) in [6.45, 7) is 5.23. The first-order valence-electron chi connectivity index (χ1n) is 6.56. The van der Waals surface area contributed by atoms with Gasteiger partial charge in [-0.05, 0) is 36.7 Å². The molecule has 2 N–H and O–H groups in total. The number of carbonyl (C=O) groups excluding carboxylic acids is 2. The number of nitrogens with zero attached hydrogens (tertiary/aromatic N) is 4. The number of aryl methyl sites for hydroxylation is 1. The highest BCUT2D eigenvalue weighted by Crippen LogP contribution is 2.27. The number of anilines is 1. The first kappa shape index (κ1) is 17.6. The minimum Gasteiger partial charge on any atom is -0.456 e. The number of hydrazine groups is 1. The molecular formula is C13H16BrN5O3S. The maximum absolute atomic E-state index is 12.5. The second kappa shape index (κ2) is 6.38. The van der Waals surface area contributed by atoms with Crippen LogP contribution in [0.3, 0.4) is 0 Å². The number of aromatic nitrogens is 3. The van der Waals surface area contributed by atoms with Gasteiger partial charge in [0.1, 0.15) is 10.5 Å². The first-order valence-corrected chi connectivity index (χ1v) is 8.17. The molecule has 2 rings (SSSR count). The normalized spacial score (nSPS) is 11.4. The van der Waals surface area contributed by atoms with Crippen LogP contribution in [0.15, 0.2) is 16.3 Å². The summed E-state index contributed by atoms with van der Waals surface area (Å²) in [6.07, 6.45) is 3.01. The molecule has 23 heavy (non-hydrogen) atoms. The molecule has 0 fully saturated rings. The Morgan fingerprint density at radius 2 is 2.09 bits per heavy atom. The highest BCUT2D eigenvalue weighted by Gasteiger charge is 2.29. The lowest BCUT2D eigenvalue weighted by Gasteiger charge is -2.19. The van der Waals surface area contributed by atoms with Gasteiger partial charge in [-0.15, -0.1) is 0 Å². The molecule has 0 aromatic carbocycles. The van der Waals surface area contributed by atoms with Gasteiger partial charge in [0.05, 0.1) is 11.9 Å². The summed E-state index contributed by atoms with van der Waals surface area (Å²) in [5.74, 6) is 4.57. The molecule has 0 unspecified atom stereocenters.